The lowest BCUT2D eigenvalue weighted by molar-refractivity contribution is 0.177. The van der Waals surface area contributed by atoms with Gasteiger partial charge in [-0.05, 0) is 66.4 Å². The second-order valence-corrected chi connectivity index (χ2v) is 8.81. The molecule has 0 fully saturated rings. The van der Waals surface area contributed by atoms with Crippen LogP contribution in [0.25, 0.3) is 27.9 Å². The van der Waals surface area contributed by atoms with Crippen molar-refractivity contribution in [2.75, 3.05) is 7.11 Å². The third-order valence-corrected chi connectivity index (χ3v) is 6.56. The van der Waals surface area contributed by atoms with Gasteiger partial charge in [-0.2, -0.15) is 0 Å². The topological polar surface area (TPSA) is 95.2 Å². The number of H-pyrrole nitrogens is 1. The summed E-state index contributed by atoms with van der Waals surface area (Å²) in [6, 6.07) is 20.3. The predicted octanol–water partition coefficient (Wildman–Crippen LogP) is 5.03. The molecule has 2 aromatic heterocycles. The number of aromatic nitrogens is 4. The molecular weight excluding hydrogens is 456 g/mol. The van der Waals surface area contributed by atoms with E-state index < -0.39 is 5.76 Å². The van der Waals surface area contributed by atoms with Crippen molar-refractivity contribution < 1.29 is 14.0 Å². The highest BCUT2D eigenvalue weighted by Gasteiger charge is 2.25. The normalized spacial score (nSPS) is 14.2. The van der Waals surface area contributed by atoms with Gasteiger partial charge in [0.25, 0.3) is 0 Å². The number of imidazole rings is 1. The lowest BCUT2D eigenvalue weighted by atomic mass is 9.88. The minimum absolute atomic E-state index is 0.386. The maximum atomic E-state index is 11.7. The molecule has 8 nitrogen and oxygen atoms in total. The zero-order valence-electron chi connectivity index (χ0n) is 20.2. The smallest absolute Gasteiger partial charge is 0.439 e. The molecule has 1 aliphatic rings. The van der Waals surface area contributed by atoms with Crippen molar-refractivity contribution in [3.05, 3.63) is 105 Å². The number of rotatable bonds is 4. The van der Waals surface area contributed by atoms with Crippen molar-refractivity contribution in [3.8, 4) is 11.4 Å². The Bertz CT molecular complexity index is 1710. The minimum atomic E-state index is -0.590. The van der Waals surface area contributed by atoms with Crippen molar-refractivity contribution in [2.24, 2.45) is 0 Å². The van der Waals surface area contributed by atoms with E-state index in [1.54, 1.807) is 7.11 Å². The minimum Gasteiger partial charge on any atom is -0.488 e. The first kappa shape index (κ1) is 22.1. The third kappa shape index (κ3) is 3.54. The van der Waals surface area contributed by atoms with Crippen LogP contribution < -0.4 is 10.5 Å². The molecule has 1 aliphatic heterocycles. The summed E-state index contributed by atoms with van der Waals surface area (Å²) in [6.45, 7) is 4.76. The van der Waals surface area contributed by atoms with E-state index in [1.165, 1.54) is 0 Å². The number of aryl methyl sites for hydroxylation is 1. The van der Waals surface area contributed by atoms with Gasteiger partial charge in [-0.25, -0.2) is 9.78 Å². The molecule has 3 heterocycles. The first-order valence-corrected chi connectivity index (χ1v) is 11.6. The first-order valence-electron chi connectivity index (χ1n) is 11.6. The Kier molecular flexibility index (Phi) is 5.30. The van der Waals surface area contributed by atoms with E-state index in [-0.39, 0.29) is 0 Å². The number of ether oxygens (including phenoxy) is 2. The van der Waals surface area contributed by atoms with Gasteiger partial charge in [-0.1, -0.05) is 35.5 Å². The SMILES string of the molecule is COCc1nc2ccccc2n1-c1ccc2c(c1)COc1cccc(C)c1/C2=C(\C)c1noc(=O)[nH]1. The summed E-state index contributed by atoms with van der Waals surface area (Å²) >= 11 is 0. The number of fused-ring (bicyclic) bond motifs is 3. The molecule has 180 valence electrons. The highest BCUT2D eigenvalue weighted by molar-refractivity contribution is 6.00. The number of nitrogens with zero attached hydrogens (tertiary/aromatic N) is 3. The van der Waals surface area contributed by atoms with Crippen LogP contribution in [-0.4, -0.2) is 26.8 Å². The molecule has 0 saturated carbocycles. The standard InChI is InChI=1S/C28H24N4O4/c1-16-7-6-10-23-25(16)26(17(2)27-30-28(33)36-31-27)20-12-11-19(13-18(20)14-35-23)32-22-9-5-4-8-21(22)29-24(32)15-34-3/h4-13H,14-15H2,1-3H3,(H,30,31,33)/b26-17+. The quantitative estimate of drug-likeness (QED) is 0.388. The Morgan fingerprint density at radius 1 is 1.14 bits per heavy atom. The number of nitrogens with one attached hydrogen (secondary N) is 1. The van der Waals surface area contributed by atoms with Crippen LogP contribution in [0.5, 0.6) is 5.75 Å². The summed E-state index contributed by atoms with van der Waals surface area (Å²) in [5.74, 6) is 1.40. The fraction of sp³-hybridized carbons (Fsp3) is 0.179. The van der Waals surface area contributed by atoms with Gasteiger partial charge in [0.05, 0.1) is 11.0 Å². The predicted molar refractivity (Wildman–Crippen MR) is 136 cm³/mol. The van der Waals surface area contributed by atoms with E-state index in [0.717, 1.165) is 61.7 Å². The molecule has 3 aromatic carbocycles. The number of benzene rings is 3. The highest BCUT2D eigenvalue weighted by Crippen LogP contribution is 2.42. The summed E-state index contributed by atoms with van der Waals surface area (Å²) < 4.78 is 18.7. The molecule has 0 aliphatic carbocycles. The summed E-state index contributed by atoms with van der Waals surface area (Å²) in [5, 5.41) is 3.95. The second kappa shape index (κ2) is 8.66. The maximum absolute atomic E-state index is 11.7. The molecule has 0 amide bonds. The summed E-state index contributed by atoms with van der Waals surface area (Å²) in [7, 11) is 1.67. The molecule has 0 unspecified atom stereocenters. The monoisotopic (exact) mass is 480 g/mol. The number of para-hydroxylation sites is 2. The van der Waals surface area contributed by atoms with Crippen molar-refractivity contribution in [1.82, 2.24) is 19.7 Å². The van der Waals surface area contributed by atoms with Gasteiger partial charge in [0.15, 0.2) is 5.82 Å². The maximum Gasteiger partial charge on any atom is 0.439 e. The fourth-order valence-electron chi connectivity index (χ4n) is 4.94. The van der Waals surface area contributed by atoms with Crippen molar-refractivity contribution in [2.45, 2.75) is 27.1 Å². The van der Waals surface area contributed by atoms with E-state index in [9.17, 15) is 4.79 Å². The van der Waals surface area contributed by atoms with Crippen molar-refractivity contribution >= 4 is 22.2 Å². The molecule has 0 radical (unpaired) electrons. The molecule has 0 saturated heterocycles. The average Bonchev–Trinajstić information content (AvgIpc) is 3.43. The largest absolute Gasteiger partial charge is 0.488 e. The Hall–Kier alpha value is -4.43. The molecule has 8 heteroatoms. The third-order valence-electron chi connectivity index (χ3n) is 6.56. The van der Waals surface area contributed by atoms with E-state index in [2.05, 4.69) is 52.0 Å². The zero-order valence-corrected chi connectivity index (χ0v) is 20.2. The Labute approximate surface area is 206 Å². The Morgan fingerprint density at radius 3 is 2.81 bits per heavy atom. The van der Waals surface area contributed by atoms with Gasteiger partial charge in [0.2, 0.25) is 0 Å². The molecule has 6 rings (SSSR count). The van der Waals surface area contributed by atoms with Crippen LogP contribution in [0, 0.1) is 6.92 Å². The van der Waals surface area contributed by atoms with Gasteiger partial charge in [0.1, 0.15) is 24.8 Å². The lowest BCUT2D eigenvalue weighted by Gasteiger charge is -2.17. The number of hydrogen-bond donors (Lipinski definition) is 1. The molecule has 36 heavy (non-hydrogen) atoms. The van der Waals surface area contributed by atoms with Gasteiger partial charge in [-0.3, -0.25) is 14.1 Å². The average molecular weight is 481 g/mol. The van der Waals surface area contributed by atoms with Crippen molar-refractivity contribution in [3.63, 3.8) is 0 Å². The summed E-state index contributed by atoms with van der Waals surface area (Å²) in [6.07, 6.45) is 0. The van der Waals surface area contributed by atoms with E-state index >= 15 is 0 Å². The second-order valence-electron chi connectivity index (χ2n) is 8.81. The van der Waals surface area contributed by atoms with E-state index in [0.29, 0.717) is 19.0 Å². The van der Waals surface area contributed by atoms with Crippen LogP contribution in [0.3, 0.4) is 0 Å². The summed E-state index contributed by atoms with van der Waals surface area (Å²) in [4.78, 5) is 19.2. The molecular formula is C28H24N4O4. The van der Waals surface area contributed by atoms with Crippen molar-refractivity contribution in [1.29, 1.82) is 0 Å². The first-order chi connectivity index (χ1) is 17.5. The van der Waals surface area contributed by atoms with Crippen LogP contribution in [0.4, 0.5) is 0 Å². The molecule has 1 N–H and O–H groups in total. The van der Waals surface area contributed by atoms with E-state index in [4.69, 9.17) is 19.0 Å². The van der Waals surface area contributed by atoms with E-state index in [1.807, 2.05) is 37.3 Å². The van der Waals surface area contributed by atoms with Crippen LogP contribution in [0.2, 0.25) is 0 Å². The highest BCUT2D eigenvalue weighted by atomic mass is 16.5. The van der Waals surface area contributed by atoms with Crippen LogP contribution in [-0.2, 0) is 18.0 Å². The fourth-order valence-corrected chi connectivity index (χ4v) is 4.94. The molecule has 5 aromatic rings. The van der Waals surface area contributed by atoms with Crippen LogP contribution in [0.15, 0.2) is 70.0 Å². The van der Waals surface area contributed by atoms with Crippen LogP contribution >= 0.6 is 0 Å². The number of allylic oxidation sites excluding steroid dienone is 1. The Morgan fingerprint density at radius 2 is 2.00 bits per heavy atom. The molecule has 0 atom stereocenters. The summed E-state index contributed by atoms with van der Waals surface area (Å²) in [5.41, 5.74) is 8.66. The van der Waals surface area contributed by atoms with Gasteiger partial charge in [0, 0.05) is 23.9 Å². The number of methoxy groups -OCH3 is 1. The van der Waals surface area contributed by atoms with Gasteiger partial charge < -0.3 is 9.47 Å². The molecule has 0 bridgehead atoms. The van der Waals surface area contributed by atoms with Crippen LogP contribution in [0.1, 0.15) is 40.8 Å². The lowest BCUT2D eigenvalue weighted by Crippen LogP contribution is -2.05. The Balaban J connectivity index is 1.60. The number of aromatic amines is 1. The molecule has 0 spiro atoms. The van der Waals surface area contributed by atoms with Gasteiger partial charge >= 0.3 is 5.76 Å². The zero-order chi connectivity index (χ0) is 24.8. The van der Waals surface area contributed by atoms with Gasteiger partial charge in [-0.15, -0.1) is 0 Å². The number of hydrogen-bond acceptors (Lipinski definition) is 6.